The van der Waals surface area contributed by atoms with Crippen LogP contribution in [0.25, 0.3) is 20.7 Å². The van der Waals surface area contributed by atoms with E-state index in [-0.39, 0.29) is 12.2 Å². The zero-order valence-corrected chi connectivity index (χ0v) is 13.5. The summed E-state index contributed by atoms with van der Waals surface area (Å²) in [6, 6.07) is 21.4. The van der Waals surface area contributed by atoms with Crippen molar-refractivity contribution in [1.29, 1.82) is 0 Å². The number of ether oxygens (including phenoxy) is 1. The first-order valence-corrected chi connectivity index (χ1v) is 8.37. The number of nitrogens with zero attached hydrogens (tertiary/aromatic N) is 1. The Hall–Kier alpha value is -2.92. The minimum Gasteiger partial charge on any atom is -0.486 e. The number of para-hydroxylation sites is 1. The van der Waals surface area contributed by atoms with Gasteiger partial charge in [0.15, 0.2) is 0 Å². The van der Waals surface area contributed by atoms with Crippen LogP contribution in [0.3, 0.4) is 0 Å². The number of hydrogen-bond donors (Lipinski definition) is 1. The lowest BCUT2D eigenvalue weighted by molar-refractivity contribution is 0.296. The van der Waals surface area contributed by atoms with E-state index in [0.717, 1.165) is 21.0 Å². The fraction of sp³-hybridized carbons (Fsp3) is 0.0526. The maximum atomic E-state index is 12.3. The van der Waals surface area contributed by atoms with Gasteiger partial charge in [0, 0.05) is 4.88 Å². The Bertz CT molecular complexity index is 1020. The highest BCUT2D eigenvalue weighted by molar-refractivity contribution is 7.21. The van der Waals surface area contributed by atoms with Crippen LogP contribution in [0.5, 0.6) is 5.75 Å². The second-order valence-electron chi connectivity index (χ2n) is 5.31. The molecule has 2 heterocycles. The fourth-order valence-corrected chi connectivity index (χ4v) is 3.51. The summed E-state index contributed by atoms with van der Waals surface area (Å²) in [6.45, 7) is 0.230. The van der Waals surface area contributed by atoms with Gasteiger partial charge in [0.2, 0.25) is 0 Å². The van der Waals surface area contributed by atoms with Crippen molar-refractivity contribution in [3.8, 4) is 16.2 Å². The van der Waals surface area contributed by atoms with E-state index in [4.69, 9.17) is 4.74 Å². The second-order valence-corrected chi connectivity index (χ2v) is 6.34. The van der Waals surface area contributed by atoms with Gasteiger partial charge in [0.05, 0.1) is 5.39 Å². The van der Waals surface area contributed by atoms with Crippen molar-refractivity contribution in [1.82, 2.24) is 9.97 Å². The molecule has 4 aromatic rings. The standard InChI is InChI=1S/C19H14N2O2S/c22-18-15-11-16(13-7-3-1-4-8-13)24-19(15)21-17(20-18)12-23-14-9-5-2-6-10-14/h1-11H,12H2,(H,20,21,22). The van der Waals surface area contributed by atoms with Gasteiger partial charge >= 0.3 is 0 Å². The van der Waals surface area contributed by atoms with Crippen LogP contribution < -0.4 is 10.3 Å². The number of benzene rings is 2. The Balaban J connectivity index is 1.66. The second kappa shape index (κ2) is 6.29. The predicted octanol–water partition coefficient (Wildman–Crippen LogP) is 4.23. The van der Waals surface area contributed by atoms with Crippen molar-refractivity contribution < 1.29 is 4.74 Å². The fourth-order valence-electron chi connectivity index (χ4n) is 2.46. The number of H-pyrrole nitrogens is 1. The van der Waals surface area contributed by atoms with Crippen LogP contribution in [-0.2, 0) is 6.61 Å². The summed E-state index contributed by atoms with van der Waals surface area (Å²) in [5, 5.41) is 0.613. The Kier molecular flexibility index (Phi) is 3.84. The van der Waals surface area contributed by atoms with Gasteiger partial charge in [-0.1, -0.05) is 48.5 Å². The van der Waals surface area contributed by atoms with Gasteiger partial charge in [-0.05, 0) is 23.8 Å². The Morgan fingerprint density at radius 2 is 1.71 bits per heavy atom. The van der Waals surface area contributed by atoms with Crippen LogP contribution in [0.2, 0.25) is 0 Å². The molecular weight excluding hydrogens is 320 g/mol. The molecule has 0 bridgehead atoms. The molecule has 0 amide bonds. The number of aromatic nitrogens is 2. The molecule has 0 spiro atoms. The largest absolute Gasteiger partial charge is 0.486 e. The van der Waals surface area contributed by atoms with Gasteiger partial charge in [-0.3, -0.25) is 4.79 Å². The van der Waals surface area contributed by atoms with Crippen molar-refractivity contribution in [3.05, 3.63) is 82.9 Å². The highest BCUT2D eigenvalue weighted by Crippen LogP contribution is 2.30. The molecule has 0 aliphatic heterocycles. The molecule has 4 nitrogen and oxygen atoms in total. The molecule has 0 aliphatic carbocycles. The Morgan fingerprint density at radius 3 is 2.46 bits per heavy atom. The molecule has 118 valence electrons. The maximum absolute atomic E-state index is 12.3. The SMILES string of the molecule is O=c1[nH]c(COc2ccccc2)nc2sc(-c3ccccc3)cc12. The van der Waals surface area contributed by atoms with Crippen molar-refractivity contribution in [2.75, 3.05) is 0 Å². The highest BCUT2D eigenvalue weighted by Gasteiger charge is 2.10. The summed E-state index contributed by atoms with van der Waals surface area (Å²) in [4.78, 5) is 21.4. The maximum Gasteiger partial charge on any atom is 0.259 e. The summed E-state index contributed by atoms with van der Waals surface area (Å²) in [5.41, 5.74) is 0.951. The highest BCUT2D eigenvalue weighted by atomic mass is 32.1. The monoisotopic (exact) mass is 334 g/mol. The number of rotatable bonds is 4. The van der Waals surface area contributed by atoms with E-state index in [1.165, 1.54) is 11.3 Å². The number of aromatic amines is 1. The number of hydrogen-bond acceptors (Lipinski definition) is 4. The molecule has 5 heteroatoms. The van der Waals surface area contributed by atoms with Gasteiger partial charge in [-0.15, -0.1) is 11.3 Å². The average molecular weight is 334 g/mol. The Morgan fingerprint density at radius 1 is 1.00 bits per heavy atom. The van der Waals surface area contributed by atoms with Crippen LogP contribution in [0.1, 0.15) is 5.82 Å². The first-order valence-electron chi connectivity index (χ1n) is 7.55. The summed E-state index contributed by atoms with van der Waals surface area (Å²) in [5.74, 6) is 1.27. The van der Waals surface area contributed by atoms with Crippen molar-refractivity contribution in [2.24, 2.45) is 0 Å². The molecular formula is C19H14N2O2S. The molecule has 24 heavy (non-hydrogen) atoms. The first kappa shape index (κ1) is 14.7. The lowest BCUT2D eigenvalue weighted by Gasteiger charge is -2.04. The van der Waals surface area contributed by atoms with E-state index >= 15 is 0 Å². The van der Waals surface area contributed by atoms with Gasteiger partial charge < -0.3 is 9.72 Å². The molecule has 0 radical (unpaired) electrons. The van der Waals surface area contributed by atoms with E-state index in [2.05, 4.69) is 9.97 Å². The third kappa shape index (κ3) is 2.94. The average Bonchev–Trinajstić information content (AvgIpc) is 3.06. The molecule has 1 N–H and O–H groups in total. The van der Waals surface area contributed by atoms with Crippen molar-refractivity contribution in [2.45, 2.75) is 6.61 Å². The van der Waals surface area contributed by atoms with Gasteiger partial charge in [-0.2, -0.15) is 0 Å². The minimum atomic E-state index is -0.134. The predicted molar refractivity (Wildman–Crippen MR) is 96.5 cm³/mol. The molecule has 0 saturated carbocycles. The van der Waals surface area contributed by atoms with E-state index in [1.54, 1.807) is 0 Å². The summed E-state index contributed by atoms with van der Waals surface area (Å²) < 4.78 is 5.66. The van der Waals surface area contributed by atoms with Crippen LogP contribution in [0, 0.1) is 0 Å². The zero-order chi connectivity index (χ0) is 16.4. The van der Waals surface area contributed by atoms with E-state index < -0.39 is 0 Å². The van der Waals surface area contributed by atoms with E-state index in [9.17, 15) is 4.79 Å². The van der Waals surface area contributed by atoms with Gasteiger partial charge in [-0.25, -0.2) is 4.98 Å². The molecule has 0 aliphatic rings. The molecule has 0 atom stereocenters. The third-order valence-corrected chi connectivity index (χ3v) is 4.71. The molecule has 2 aromatic carbocycles. The van der Waals surface area contributed by atoms with Crippen LogP contribution in [0.15, 0.2) is 71.5 Å². The lowest BCUT2D eigenvalue weighted by Crippen LogP contribution is -2.12. The zero-order valence-electron chi connectivity index (χ0n) is 12.7. The summed E-state index contributed by atoms with van der Waals surface area (Å²) >= 11 is 1.51. The molecule has 0 saturated heterocycles. The summed E-state index contributed by atoms with van der Waals surface area (Å²) in [6.07, 6.45) is 0. The quantitative estimate of drug-likeness (QED) is 0.607. The Labute approximate surface area is 142 Å². The van der Waals surface area contributed by atoms with Gasteiger partial charge in [0.1, 0.15) is 23.0 Å². The van der Waals surface area contributed by atoms with Gasteiger partial charge in [0.25, 0.3) is 5.56 Å². The number of thiophene rings is 1. The van der Waals surface area contributed by atoms with E-state index in [1.807, 2.05) is 66.7 Å². The van der Waals surface area contributed by atoms with Crippen molar-refractivity contribution in [3.63, 3.8) is 0 Å². The first-order chi connectivity index (χ1) is 11.8. The third-order valence-electron chi connectivity index (χ3n) is 3.63. The molecule has 0 fully saturated rings. The number of nitrogens with one attached hydrogen (secondary N) is 1. The summed E-state index contributed by atoms with van der Waals surface area (Å²) in [7, 11) is 0. The smallest absolute Gasteiger partial charge is 0.259 e. The normalized spacial score (nSPS) is 10.8. The molecule has 0 unspecified atom stereocenters. The van der Waals surface area contributed by atoms with Crippen LogP contribution in [-0.4, -0.2) is 9.97 Å². The van der Waals surface area contributed by atoms with Crippen LogP contribution >= 0.6 is 11.3 Å². The minimum absolute atomic E-state index is 0.134. The topological polar surface area (TPSA) is 55.0 Å². The molecule has 2 aromatic heterocycles. The number of fused-ring (bicyclic) bond motifs is 1. The lowest BCUT2D eigenvalue weighted by atomic mass is 10.2. The van der Waals surface area contributed by atoms with Crippen molar-refractivity contribution >= 4 is 21.6 Å². The van der Waals surface area contributed by atoms with E-state index in [0.29, 0.717) is 11.2 Å². The molecule has 4 rings (SSSR count). The van der Waals surface area contributed by atoms with Crippen LogP contribution in [0.4, 0.5) is 0 Å².